The van der Waals surface area contributed by atoms with Crippen LogP contribution in [0.15, 0.2) is 72.8 Å². The van der Waals surface area contributed by atoms with Crippen LogP contribution in [-0.4, -0.2) is 6.29 Å². The van der Waals surface area contributed by atoms with Gasteiger partial charge in [-0.05, 0) is 57.7 Å². The van der Waals surface area contributed by atoms with E-state index in [0.717, 1.165) is 44.5 Å². The summed E-state index contributed by atoms with van der Waals surface area (Å²) in [6.45, 7) is 3.09. The lowest BCUT2D eigenvalue weighted by Gasteiger charge is -2.18. The van der Waals surface area contributed by atoms with E-state index in [1.807, 2.05) is 42.5 Å². The first kappa shape index (κ1) is 21.4. The molecule has 4 heteroatoms. The SMILES string of the molecule is CC(CC=O)Cc1ccc(OCc2ccccc2)c(I)c1OCc1ccccc1. The van der Waals surface area contributed by atoms with Gasteiger partial charge in [0.05, 0.1) is 3.57 Å². The van der Waals surface area contributed by atoms with E-state index < -0.39 is 0 Å². The third kappa shape index (κ3) is 6.32. The van der Waals surface area contributed by atoms with Gasteiger partial charge in [-0.3, -0.25) is 0 Å². The molecule has 0 aliphatic rings. The van der Waals surface area contributed by atoms with Crippen LogP contribution in [0, 0.1) is 9.49 Å². The molecular formula is C25H25IO3. The zero-order chi connectivity index (χ0) is 20.5. The fourth-order valence-electron chi connectivity index (χ4n) is 3.09. The van der Waals surface area contributed by atoms with Gasteiger partial charge in [-0.2, -0.15) is 0 Å². The molecular weight excluding hydrogens is 475 g/mol. The number of rotatable bonds is 10. The lowest BCUT2D eigenvalue weighted by Crippen LogP contribution is -2.07. The molecule has 0 bridgehead atoms. The maximum Gasteiger partial charge on any atom is 0.140 e. The first-order chi connectivity index (χ1) is 14.2. The standard InChI is InChI=1S/C25H25IO3/c1-19(14-15-27)16-22-12-13-23(28-17-20-8-4-2-5-9-20)24(26)25(22)29-18-21-10-6-3-7-11-21/h2-13,15,19H,14,16-18H2,1H3. The van der Waals surface area contributed by atoms with Crippen LogP contribution in [0.25, 0.3) is 0 Å². The molecule has 1 unspecified atom stereocenters. The minimum absolute atomic E-state index is 0.262. The molecule has 150 valence electrons. The van der Waals surface area contributed by atoms with Gasteiger partial charge in [0.2, 0.25) is 0 Å². The lowest BCUT2D eigenvalue weighted by atomic mass is 9.98. The summed E-state index contributed by atoms with van der Waals surface area (Å²) in [5, 5.41) is 0. The second kappa shape index (κ2) is 11.0. The van der Waals surface area contributed by atoms with Crippen LogP contribution >= 0.6 is 22.6 Å². The molecule has 0 aliphatic carbocycles. The van der Waals surface area contributed by atoms with Crippen molar-refractivity contribution in [3.63, 3.8) is 0 Å². The molecule has 0 aliphatic heterocycles. The normalized spacial score (nSPS) is 11.7. The zero-order valence-corrected chi connectivity index (χ0v) is 18.7. The second-order valence-corrected chi connectivity index (χ2v) is 8.20. The average Bonchev–Trinajstić information content (AvgIpc) is 2.74. The van der Waals surface area contributed by atoms with Gasteiger partial charge in [-0.1, -0.05) is 73.7 Å². The Balaban J connectivity index is 1.81. The number of hydrogen-bond donors (Lipinski definition) is 0. The van der Waals surface area contributed by atoms with Crippen molar-refractivity contribution in [3.05, 3.63) is 93.1 Å². The molecule has 0 aromatic heterocycles. The lowest BCUT2D eigenvalue weighted by molar-refractivity contribution is -0.108. The Hall–Kier alpha value is -2.34. The van der Waals surface area contributed by atoms with Crippen molar-refractivity contribution in [1.29, 1.82) is 0 Å². The third-order valence-corrected chi connectivity index (χ3v) is 5.69. The molecule has 0 spiro atoms. The van der Waals surface area contributed by atoms with Crippen LogP contribution in [0.4, 0.5) is 0 Å². The fourth-order valence-corrected chi connectivity index (χ4v) is 3.93. The van der Waals surface area contributed by atoms with E-state index in [1.54, 1.807) is 0 Å². The highest BCUT2D eigenvalue weighted by molar-refractivity contribution is 14.1. The van der Waals surface area contributed by atoms with E-state index in [2.05, 4.69) is 59.8 Å². The maximum absolute atomic E-state index is 10.9. The Bertz CT molecular complexity index is 910. The summed E-state index contributed by atoms with van der Waals surface area (Å²) in [5.41, 5.74) is 3.34. The average molecular weight is 500 g/mol. The van der Waals surface area contributed by atoms with Gasteiger partial charge < -0.3 is 14.3 Å². The van der Waals surface area contributed by atoms with Gasteiger partial charge >= 0.3 is 0 Å². The van der Waals surface area contributed by atoms with Gasteiger partial charge in [0.1, 0.15) is 31.0 Å². The largest absolute Gasteiger partial charge is 0.488 e. The Labute approximate surface area is 186 Å². The minimum Gasteiger partial charge on any atom is -0.488 e. The second-order valence-electron chi connectivity index (χ2n) is 7.13. The van der Waals surface area contributed by atoms with E-state index in [1.165, 1.54) is 0 Å². The van der Waals surface area contributed by atoms with E-state index in [9.17, 15) is 4.79 Å². The molecule has 1 atom stereocenters. The van der Waals surface area contributed by atoms with Crippen LogP contribution in [-0.2, 0) is 24.4 Å². The summed E-state index contributed by atoms with van der Waals surface area (Å²) in [4.78, 5) is 10.9. The molecule has 29 heavy (non-hydrogen) atoms. The number of halogens is 1. The minimum atomic E-state index is 0.262. The quantitative estimate of drug-likeness (QED) is 0.245. The highest BCUT2D eigenvalue weighted by Crippen LogP contribution is 2.36. The van der Waals surface area contributed by atoms with Crippen molar-refractivity contribution in [2.75, 3.05) is 0 Å². The number of carbonyl (C=O) groups is 1. The first-order valence-electron chi connectivity index (χ1n) is 9.76. The Morgan fingerprint density at radius 2 is 1.45 bits per heavy atom. The molecule has 3 nitrogen and oxygen atoms in total. The van der Waals surface area contributed by atoms with Gasteiger partial charge in [0.15, 0.2) is 0 Å². The summed E-state index contributed by atoms with van der Waals surface area (Å²) < 4.78 is 13.3. The molecule has 0 heterocycles. The van der Waals surface area contributed by atoms with Crippen LogP contribution in [0.3, 0.4) is 0 Å². The first-order valence-corrected chi connectivity index (χ1v) is 10.8. The fraction of sp³-hybridized carbons (Fsp3) is 0.240. The maximum atomic E-state index is 10.9. The predicted molar refractivity (Wildman–Crippen MR) is 124 cm³/mol. The summed E-state index contributed by atoms with van der Waals surface area (Å²) >= 11 is 2.30. The predicted octanol–water partition coefficient (Wildman–Crippen LogP) is 6.22. The van der Waals surface area contributed by atoms with Crippen molar-refractivity contribution in [2.45, 2.75) is 33.0 Å². The number of ether oxygens (including phenoxy) is 2. The number of benzene rings is 3. The smallest absolute Gasteiger partial charge is 0.140 e. The Morgan fingerprint density at radius 3 is 2.03 bits per heavy atom. The van der Waals surface area contributed by atoms with Crippen LogP contribution < -0.4 is 9.47 Å². The van der Waals surface area contributed by atoms with Gasteiger partial charge in [-0.25, -0.2) is 0 Å². The Kier molecular flexibility index (Phi) is 8.11. The topological polar surface area (TPSA) is 35.5 Å². The molecule has 0 saturated carbocycles. The highest BCUT2D eigenvalue weighted by atomic mass is 127. The van der Waals surface area contributed by atoms with Crippen LogP contribution in [0.5, 0.6) is 11.5 Å². The highest BCUT2D eigenvalue weighted by Gasteiger charge is 2.16. The molecule has 0 fully saturated rings. The van der Waals surface area contributed by atoms with E-state index in [-0.39, 0.29) is 5.92 Å². The Morgan fingerprint density at radius 1 is 0.862 bits per heavy atom. The van der Waals surface area contributed by atoms with E-state index >= 15 is 0 Å². The van der Waals surface area contributed by atoms with E-state index in [0.29, 0.717) is 19.6 Å². The van der Waals surface area contributed by atoms with Crippen molar-refractivity contribution >= 4 is 28.9 Å². The van der Waals surface area contributed by atoms with Crippen molar-refractivity contribution in [2.24, 2.45) is 5.92 Å². The van der Waals surface area contributed by atoms with Crippen LogP contribution in [0.2, 0.25) is 0 Å². The van der Waals surface area contributed by atoms with Gasteiger partial charge in [-0.15, -0.1) is 0 Å². The molecule has 0 amide bonds. The number of aldehydes is 1. The molecule has 3 rings (SSSR count). The van der Waals surface area contributed by atoms with E-state index in [4.69, 9.17) is 9.47 Å². The van der Waals surface area contributed by atoms with Crippen molar-refractivity contribution in [1.82, 2.24) is 0 Å². The van der Waals surface area contributed by atoms with Crippen LogP contribution in [0.1, 0.15) is 30.0 Å². The summed E-state index contributed by atoms with van der Waals surface area (Å²) in [5.74, 6) is 1.92. The third-order valence-electron chi connectivity index (χ3n) is 4.67. The number of hydrogen-bond acceptors (Lipinski definition) is 3. The number of carbonyl (C=O) groups excluding carboxylic acids is 1. The van der Waals surface area contributed by atoms with Gasteiger partial charge in [0, 0.05) is 6.42 Å². The molecule has 0 N–H and O–H groups in total. The summed E-state index contributed by atoms with van der Waals surface area (Å²) in [6.07, 6.45) is 2.32. The van der Waals surface area contributed by atoms with Crippen molar-refractivity contribution < 1.29 is 14.3 Å². The van der Waals surface area contributed by atoms with Crippen molar-refractivity contribution in [3.8, 4) is 11.5 Å². The monoisotopic (exact) mass is 500 g/mol. The zero-order valence-electron chi connectivity index (χ0n) is 16.5. The molecule has 3 aromatic carbocycles. The van der Waals surface area contributed by atoms with Gasteiger partial charge in [0.25, 0.3) is 0 Å². The molecule has 0 saturated heterocycles. The summed E-state index contributed by atoms with van der Waals surface area (Å²) in [6, 6.07) is 24.3. The summed E-state index contributed by atoms with van der Waals surface area (Å²) in [7, 11) is 0. The molecule has 3 aromatic rings. The molecule has 0 radical (unpaired) electrons.